The second kappa shape index (κ2) is 3.72. The molecule has 1 atom stereocenters. The summed E-state index contributed by atoms with van der Waals surface area (Å²) in [7, 11) is 0. The highest BCUT2D eigenvalue weighted by Gasteiger charge is 2.13. The Morgan fingerprint density at radius 2 is 2.00 bits per heavy atom. The molecule has 0 aromatic heterocycles. The fraction of sp³-hybridized carbons (Fsp3) is 0.875. The summed E-state index contributed by atoms with van der Waals surface area (Å²) in [5.41, 5.74) is 5.30. The van der Waals surface area contributed by atoms with Crippen LogP contribution in [-0.2, 0) is 4.79 Å². The number of rotatable bonds is 2. The monoisotopic (exact) mass is 158 g/mol. The minimum absolute atomic E-state index is 0.0208. The minimum Gasteiger partial charge on any atom is -0.351 e. The molecule has 3 heteroatoms. The molecule has 0 fully saturated rings. The van der Waals surface area contributed by atoms with Crippen molar-refractivity contribution >= 4 is 5.91 Å². The summed E-state index contributed by atoms with van der Waals surface area (Å²) >= 11 is 0. The average Bonchev–Trinajstić information content (AvgIpc) is 1.53. The van der Waals surface area contributed by atoms with Crippen LogP contribution >= 0.6 is 0 Å². The van der Waals surface area contributed by atoms with Crippen molar-refractivity contribution in [3.8, 4) is 0 Å². The fourth-order valence-corrected chi connectivity index (χ4v) is 0.762. The van der Waals surface area contributed by atoms with E-state index in [1.165, 1.54) is 0 Å². The molecule has 0 radical (unpaired) electrons. The van der Waals surface area contributed by atoms with E-state index in [2.05, 4.69) is 5.32 Å². The topological polar surface area (TPSA) is 55.1 Å². The normalized spacial score (nSPS) is 14.3. The van der Waals surface area contributed by atoms with Crippen LogP contribution < -0.4 is 11.1 Å². The van der Waals surface area contributed by atoms with Crippen LogP contribution in [0.15, 0.2) is 0 Å². The first-order valence-corrected chi connectivity index (χ1v) is 3.88. The van der Waals surface area contributed by atoms with Gasteiger partial charge in [-0.15, -0.1) is 0 Å². The van der Waals surface area contributed by atoms with Crippen molar-refractivity contribution in [1.82, 2.24) is 5.32 Å². The van der Waals surface area contributed by atoms with Gasteiger partial charge in [-0.3, -0.25) is 4.79 Å². The fourth-order valence-electron chi connectivity index (χ4n) is 0.762. The second-order valence-corrected chi connectivity index (χ2v) is 3.98. The first-order chi connectivity index (χ1) is 4.81. The van der Waals surface area contributed by atoms with Crippen molar-refractivity contribution in [2.45, 2.75) is 45.7 Å². The Labute approximate surface area is 68.3 Å². The molecule has 0 heterocycles. The van der Waals surface area contributed by atoms with Crippen LogP contribution in [0.1, 0.15) is 34.1 Å². The minimum atomic E-state index is -0.147. The maximum atomic E-state index is 11.1. The first kappa shape index (κ1) is 10.4. The summed E-state index contributed by atoms with van der Waals surface area (Å²) < 4.78 is 0. The molecular formula is C8H18N2O. The van der Waals surface area contributed by atoms with Gasteiger partial charge in [-0.2, -0.15) is 0 Å². The van der Waals surface area contributed by atoms with Crippen LogP contribution in [0.3, 0.4) is 0 Å². The van der Waals surface area contributed by atoms with E-state index in [1.54, 1.807) is 0 Å². The molecule has 3 N–H and O–H groups in total. The average molecular weight is 158 g/mol. The van der Waals surface area contributed by atoms with Gasteiger partial charge in [0.25, 0.3) is 0 Å². The van der Waals surface area contributed by atoms with E-state index in [0.717, 1.165) is 0 Å². The molecule has 0 aromatic rings. The summed E-state index contributed by atoms with van der Waals surface area (Å²) in [6, 6.07) is -0.0580. The van der Waals surface area contributed by atoms with Gasteiger partial charge in [0.2, 0.25) is 5.91 Å². The Kier molecular flexibility index (Phi) is 3.52. The third kappa shape index (κ3) is 7.33. The molecule has 11 heavy (non-hydrogen) atoms. The summed E-state index contributed by atoms with van der Waals surface area (Å²) in [5, 5.41) is 2.83. The molecule has 1 unspecified atom stereocenters. The molecular weight excluding hydrogens is 140 g/mol. The highest BCUT2D eigenvalue weighted by atomic mass is 16.1. The van der Waals surface area contributed by atoms with Crippen molar-refractivity contribution < 1.29 is 4.79 Å². The molecule has 1 amide bonds. The Morgan fingerprint density at radius 3 is 2.27 bits per heavy atom. The van der Waals surface area contributed by atoms with E-state index < -0.39 is 0 Å². The predicted molar refractivity (Wildman–Crippen MR) is 46.2 cm³/mol. The molecule has 0 rings (SSSR count). The van der Waals surface area contributed by atoms with Gasteiger partial charge in [0, 0.05) is 18.0 Å². The molecule has 0 aliphatic carbocycles. The lowest BCUT2D eigenvalue weighted by Crippen LogP contribution is -2.42. The molecule has 66 valence electrons. The number of carbonyl (C=O) groups is 1. The Hall–Kier alpha value is -0.570. The highest BCUT2D eigenvalue weighted by molar-refractivity contribution is 5.77. The largest absolute Gasteiger partial charge is 0.351 e. The van der Waals surface area contributed by atoms with E-state index in [1.807, 2.05) is 27.7 Å². The number of hydrogen-bond donors (Lipinski definition) is 2. The Morgan fingerprint density at radius 1 is 1.55 bits per heavy atom. The van der Waals surface area contributed by atoms with Crippen molar-refractivity contribution in [2.24, 2.45) is 5.73 Å². The van der Waals surface area contributed by atoms with E-state index in [9.17, 15) is 4.79 Å². The summed E-state index contributed by atoms with van der Waals surface area (Å²) in [4.78, 5) is 11.1. The standard InChI is InChI=1S/C8H18N2O/c1-6(9)5-7(11)10-8(2,3)4/h6H,5,9H2,1-4H3,(H,10,11). The lowest BCUT2D eigenvalue weighted by atomic mass is 10.1. The van der Waals surface area contributed by atoms with Gasteiger partial charge in [-0.1, -0.05) is 0 Å². The second-order valence-electron chi connectivity index (χ2n) is 3.98. The van der Waals surface area contributed by atoms with E-state index in [4.69, 9.17) is 5.73 Å². The molecule has 3 nitrogen and oxygen atoms in total. The maximum Gasteiger partial charge on any atom is 0.221 e. The summed E-state index contributed by atoms with van der Waals surface area (Å²) in [5.74, 6) is 0.0208. The van der Waals surface area contributed by atoms with Gasteiger partial charge < -0.3 is 11.1 Å². The van der Waals surface area contributed by atoms with Crippen LogP contribution in [0.25, 0.3) is 0 Å². The number of amides is 1. The van der Waals surface area contributed by atoms with E-state index in [-0.39, 0.29) is 17.5 Å². The third-order valence-electron chi connectivity index (χ3n) is 1.02. The van der Waals surface area contributed by atoms with Gasteiger partial charge in [-0.05, 0) is 27.7 Å². The molecule has 0 aromatic carbocycles. The van der Waals surface area contributed by atoms with E-state index >= 15 is 0 Å². The zero-order chi connectivity index (χ0) is 9.07. The number of carbonyl (C=O) groups excluding carboxylic acids is 1. The Bertz CT molecular complexity index is 136. The SMILES string of the molecule is CC(N)CC(=O)NC(C)(C)C. The molecule has 0 bridgehead atoms. The highest BCUT2D eigenvalue weighted by Crippen LogP contribution is 1.99. The molecule has 0 saturated carbocycles. The number of nitrogens with one attached hydrogen (secondary N) is 1. The van der Waals surface area contributed by atoms with Crippen LogP contribution in [0.4, 0.5) is 0 Å². The molecule has 0 aliphatic rings. The van der Waals surface area contributed by atoms with Gasteiger partial charge in [0.1, 0.15) is 0 Å². The van der Waals surface area contributed by atoms with Crippen molar-refractivity contribution in [3.05, 3.63) is 0 Å². The van der Waals surface area contributed by atoms with Crippen LogP contribution in [0, 0.1) is 0 Å². The zero-order valence-electron chi connectivity index (χ0n) is 7.77. The van der Waals surface area contributed by atoms with Gasteiger partial charge in [0.05, 0.1) is 0 Å². The van der Waals surface area contributed by atoms with Crippen LogP contribution in [0.2, 0.25) is 0 Å². The van der Waals surface area contributed by atoms with Crippen LogP contribution in [0.5, 0.6) is 0 Å². The van der Waals surface area contributed by atoms with Crippen LogP contribution in [-0.4, -0.2) is 17.5 Å². The number of nitrogens with two attached hydrogens (primary N) is 1. The predicted octanol–water partition coefficient (Wildman–Crippen LogP) is 0.638. The summed E-state index contributed by atoms with van der Waals surface area (Å²) in [6.07, 6.45) is 0.400. The van der Waals surface area contributed by atoms with Crippen molar-refractivity contribution in [1.29, 1.82) is 0 Å². The first-order valence-electron chi connectivity index (χ1n) is 3.88. The lowest BCUT2D eigenvalue weighted by molar-refractivity contribution is -0.122. The van der Waals surface area contributed by atoms with Crippen molar-refractivity contribution in [3.63, 3.8) is 0 Å². The quantitative estimate of drug-likeness (QED) is 0.619. The maximum absolute atomic E-state index is 11.1. The zero-order valence-corrected chi connectivity index (χ0v) is 7.77. The van der Waals surface area contributed by atoms with Gasteiger partial charge in [-0.25, -0.2) is 0 Å². The van der Waals surface area contributed by atoms with Crippen molar-refractivity contribution in [2.75, 3.05) is 0 Å². The van der Waals surface area contributed by atoms with Gasteiger partial charge in [0.15, 0.2) is 0 Å². The molecule has 0 saturated heterocycles. The lowest BCUT2D eigenvalue weighted by Gasteiger charge is -2.20. The van der Waals surface area contributed by atoms with E-state index in [0.29, 0.717) is 6.42 Å². The summed E-state index contributed by atoms with van der Waals surface area (Å²) in [6.45, 7) is 7.67. The molecule has 0 spiro atoms. The smallest absolute Gasteiger partial charge is 0.221 e. The Balaban J connectivity index is 3.71. The number of hydrogen-bond acceptors (Lipinski definition) is 2. The molecule has 0 aliphatic heterocycles. The van der Waals surface area contributed by atoms with Gasteiger partial charge >= 0.3 is 0 Å². The third-order valence-corrected chi connectivity index (χ3v) is 1.02.